The normalized spacial score (nSPS) is 21.5. The molecule has 1 aliphatic heterocycles. The van der Waals surface area contributed by atoms with E-state index in [0.717, 1.165) is 19.5 Å². The van der Waals surface area contributed by atoms with Gasteiger partial charge in [0.2, 0.25) is 0 Å². The van der Waals surface area contributed by atoms with Crippen LogP contribution in [-0.4, -0.2) is 16.1 Å². The zero-order valence-electron chi connectivity index (χ0n) is 9.95. The Balaban J connectivity index is 2.34. The van der Waals surface area contributed by atoms with Crippen LogP contribution in [0.3, 0.4) is 0 Å². The lowest BCUT2D eigenvalue weighted by atomic mass is 10.0. The van der Waals surface area contributed by atoms with E-state index in [1.165, 1.54) is 17.9 Å². The molecule has 3 heteroatoms. The van der Waals surface area contributed by atoms with Gasteiger partial charge in [0.25, 0.3) is 0 Å². The highest BCUT2D eigenvalue weighted by Crippen LogP contribution is 2.23. The second-order valence-corrected chi connectivity index (χ2v) is 4.67. The van der Waals surface area contributed by atoms with Crippen molar-refractivity contribution in [3.8, 4) is 0 Å². The summed E-state index contributed by atoms with van der Waals surface area (Å²) in [6.45, 7) is 8.90. The molecule has 1 N–H and O–H groups in total. The van der Waals surface area contributed by atoms with Crippen LogP contribution < -0.4 is 5.32 Å². The molecule has 0 amide bonds. The highest BCUT2D eigenvalue weighted by molar-refractivity contribution is 5.09. The van der Waals surface area contributed by atoms with E-state index in [2.05, 4.69) is 36.9 Å². The number of imidazole rings is 1. The maximum atomic E-state index is 4.73. The molecule has 0 saturated heterocycles. The van der Waals surface area contributed by atoms with Crippen LogP contribution in [0.15, 0.2) is 6.20 Å². The average molecular weight is 207 g/mol. The first-order valence-electron chi connectivity index (χ1n) is 6.01. The fourth-order valence-corrected chi connectivity index (χ4v) is 2.22. The van der Waals surface area contributed by atoms with Crippen LogP contribution in [0, 0.1) is 5.92 Å². The molecule has 84 valence electrons. The third-order valence-corrected chi connectivity index (χ3v) is 3.10. The Kier molecular flexibility index (Phi) is 3.10. The number of rotatable bonds is 2. The molecule has 2 heterocycles. The van der Waals surface area contributed by atoms with Crippen LogP contribution in [-0.2, 0) is 13.0 Å². The van der Waals surface area contributed by atoms with Gasteiger partial charge in [-0.2, -0.15) is 0 Å². The van der Waals surface area contributed by atoms with Crippen molar-refractivity contribution >= 4 is 0 Å². The highest BCUT2D eigenvalue weighted by Gasteiger charge is 2.23. The Labute approximate surface area is 91.9 Å². The van der Waals surface area contributed by atoms with E-state index < -0.39 is 0 Å². The van der Waals surface area contributed by atoms with Crippen molar-refractivity contribution in [3.05, 3.63) is 17.7 Å². The van der Waals surface area contributed by atoms with Gasteiger partial charge in [-0.1, -0.05) is 20.8 Å². The lowest BCUT2D eigenvalue weighted by Gasteiger charge is -2.19. The molecule has 0 spiro atoms. The molecule has 1 unspecified atom stereocenters. The molecule has 1 aliphatic rings. The van der Waals surface area contributed by atoms with E-state index in [1.54, 1.807) is 0 Å². The minimum atomic E-state index is 0.424. The molecule has 0 bridgehead atoms. The lowest BCUT2D eigenvalue weighted by molar-refractivity contribution is 0.405. The zero-order valence-corrected chi connectivity index (χ0v) is 9.95. The molecule has 15 heavy (non-hydrogen) atoms. The molecule has 0 aliphatic carbocycles. The van der Waals surface area contributed by atoms with Crippen LogP contribution >= 0.6 is 0 Å². The van der Waals surface area contributed by atoms with E-state index in [9.17, 15) is 0 Å². The molecule has 1 aromatic heterocycles. The molecule has 2 rings (SSSR count). The van der Waals surface area contributed by atoms with Crippen LogP contribution in [0.5, 0.6) is 0 Å². The highest BCUT2D eigenvalue weighted by atomic mass is 15.1. The van der Waals surface area contributed by atoms with Crippen LogP contribution in [0.2, 0.25) is 0 Å². The standard InChI is InChI=1S/C12H21N3/c1-4-10-8-15-7-5-6-13-11(9(2)3)12(15)14-10/h8-9,11,13H,4-7H2,1-3H3. The van der Waals surface area contributed by atoms with Gasteiger partial charge in [0.05, 0.1) is 11.7 Å². The zero-order chi connectivity index (χ0) is 10.8. The summed E-state index contributed by atoms with van der Waals surface area (Å²) < 4.78 is 2.34. The summed E-state index contributed by atoms with van der Waals surface area (Å²) in [6, 6.07) is 0.424. The summed E-state index contributed by atoms with van der Waals surface area (Å²) in [7, 11) is 0. The number of nitrogens with zero attached hydrogens (tertiary/aromatic N) is 2. The van der Waals surface area contributed by atoms with Gasteiger partial charge in [-0.25, -0.2) is 4.98 Å². The maximum Gasteiger partial charge on any atom is 0.126 e. The summed E-state index contributed by atoms with van der Waals surface area (Å²) in [5.74, 6) is 1.84. The lowest BCUT2D eigenvalue weighted by Crippen LogP contribution is -2.26. The SMILES string of the molecule is CCc1cn2c(n1)C(C(C)C)NCCC2. The Morgan fingerprint density at radius 3 is 3.07 bits per heavy atom. The topological polar surface area (TPSA) is 29.9 Å². The van der Waals surface area contributed by atoms with Crippen molar-refractivity contribution in [1.82, 2.24) is 14.9 Å². The van der Waals surface area contributed by atoms with Gasteiger partial charge >= 0.3 is 0 Å². The molecule has 1 aromatic rings. The molecule has 1 atom stereocenters. The average Bonchev–Trinajstić information content (AvgIpc) is 2.51. The summed E-state index contributed by atoms with van der Waals surface area (Å²) in [5, 5.41) is 3.59. The summed E-state index contributed by atoms with van der Waals surface area (Å²) in [4.78, 5) is 4.73. The first kappa shape index (κ1) is 10.7. The quantitative estimate of drug-likeness (QED) is 0.805. The van der Waals surface area contributed by atoms with Crippen LogP contribution in [0.1, 0.15) is 44.8 Å². The monoisotopic (exact) mass is 207 g/mol. The van der Waals surface area contributed by atoms with Gasteiger partial charge in [-0.15, -0.1) is 0 Å². The molecule has 0 radical (unpaired) electrons. The number of aryl methyl sites for hydroxylation is 2. The fourth-order valence-electron chi connectivity index (χ4n) is 2.22. The number of fused-ring (bicyclic) bond motifs is 1. The molecular weight excluding hydrogens is 186 g/mol. The summed E-state index contributed by atoms with van der Waals surface area (Å²) in [5.41, 5.74) is 1.22. The number of nitrogens with one attached hydrogen (secondary N) is 1. The van der Waals surface area contributed by atoms with Gasteiger partial charge in [0.15, 0.2) is 0 Å². The molecule has 3 nitrogen and oxygen atoms in total. The van der Waals surface area contributed by atoms with Crippen molar-refractivity contribution in [2.75, 3.05) is 6.54 Å². The summed E-state index contributed by atoms with van der Waals surface area (Å²) in [6.07, 6.45) is 4.46. The van der Waals surface area contributed by atoms with Crippen molar-refractivity contribution in [2.24, 2.45) is 5.92 Å². The Morgan fingerprint density at radius 1 is 1.60 bits per heavy atom. The van der Waals surface area contributed by atoms with E-state index in [4.69, 9.17) is 4.98 Å². The smallest absolute Gasteiger partial charge is 0.126 e. The van der Waals surface area contributed by atoms with E-state index in [0.29, 0.717) is 12.0 Å². The van der Waals surface area contributed by atoms with Crippen molar-refractivity contribution in [1.29, 1.82) is 0 Å². The van der Waals surface area contributed by atoms with Crippen molar-refractivity contribution in [3.63, 3.8) is 0 Å². The van der Waals surface area contributed by atoms with E-state index in [-0.39, 0.29) is 0 Å². The third kappa shape index (κ3) is 2.07. The molecule has 0 saturated carbocycles. The van der Waals surface area contributed by atoms with E-state index in [1.807, 2.05) is 0 Å². The fraction of sp³-hybridized carbons (Fsp3) is 0.750. The van der Waals surface area contributed by atoms with Gasteiger partial charge in [-0.3, -0.25) is 0 Å². The number of hydrogen-bond acceptors (Lipinski definition) is 2. The van der Waals surface area contributed by atoms with Gasteiger partial charge in [-0.05, 0) is 25.3 Å². The minimum Gasteiger partial charge on any atom is -0.333 e. The van der Waals surface area contributed by atoms with Gasteiger partial charge in [0.1, 0.15) is 5.82 Å². The third-order valence-electron chi connectivity index (χ3n) is 3.10. The maximum absolute atomic E-state index is 4.73. The molecular formula is C12H21N3. The second-order valence-electron chi connectivity index (χ2n) is 4.67. The predicted molar refractivity (Wildman–Crippen MR) is 61.8 cm³/mol. The predicted octanol–water partition coefficient (Wildman–Crippen LogP) is 2.14. The van der Waals surface area contributed by atoms with Gasteiger partial charge in [0, 0.05) is 12.7 Å². The van der Waals surface area contributed by atoms with Crippen LogP contribution in [0.25, 0.3) is 0 Å². The Bertz CT molecular complexity index is 328. The first-order chi connectivity index (χ1) is 7.22. The minimum absolute atomic E-state index is 0.424. The first-order valence-corrected chi connectivity index (χ1v) is 6.01. The number of aromatic nitrogens is 2. The van der Waals surface area contributed by atoms with E-state index >= 15 is 0 Å². The van der Waals surface area contributed by atoms with Crippen molar-refractivity contribution in [2.45, 2.75) is 46.2 Å². The Hall–Kier alpha value is -0.830. The molecule has 0 fully saturated rings. The molecule has 0 aromatic carbocycles. The number of hydrogen-bond donors (Lipinski definition) is 1. The van der Waals surface area contributed by atoms with Crippen LogP contribution in [0.4, 0.5) is 0 Å². The second kappa shape index (κ2) is 4.35. The van der Waals surface area contributed by atoms with Crippen molar-refractivity contribution < 1.29 is 0 Å². The van der Waals surface area contributed by atoms with Gasteiger partial charge < -0.3 is 9.88 Å². The Morgan fingerprint density at radius 2 is 2.40 bits per heavy atom. The largest absolute Gasteiger partial charge is 0.333 e. The summed E-state index contributed by atoms with van der Waals surface area (Å²) >= 11 is 0.